The van der Waals surface area contributed by atoms with E-state index in [1.165, 1.54) is 0 Å². The van der Waals surface area contributed by atoms with E-state index in [2.05, 4.69) is 10.6 Å². The number of carbonyl (C=O) groups is 1. The minimum Gasteiger partial charge on any atom is -0.313 e. The summed E-state index contributed by atoms with van der Waals surface area (Å²) in [5, 5.41) is 6.37. The monoisotopic (exact) mass is 171 g/mol. The van der Waals surface area contributed by atoms with E-state index in [-0.39, 0.29) is 11.8 Å². The quantitative estimate of drug-likeness (QED) is 0.553. The number of hydrogen-bond acceptors (Lipinski definition) is 4. The van der Waals surface area contributed by atoms with Crippen molar-refractivity contribution < 1.29 is 4.79 Å². The molecule has 0 amide bonds. The van der Waals surface area contributed by atoms with Crippen LogP contribution < -0.4 is 10.6 Å². The fourth-order valence-electron chi connectivity index (χ4n) is 1.30. The van der Waals surface area contributed by atoms with E-state index in [0.29, 0.717) is 6.54 Å². The van der Waals surface area contributed by atoms with Gasteiger partial charge in [-0.1, -0.05) is 0 Å². The van der Waals surface area contributed by atoms with E-state index in [0.717, 1.165) is 19.6 Å². The van der Waals surface area contributed by atoms with Crippen molar-refractivity contribution in [1.82, 2.24) is 15.5 Å². The molecule has 0 spiro atoms. The van der Waals surface area contributed by atoms with Gasteiger partial charge in [-0.15, -0.1) is 0 Å². The number of carbonyl (C=O) groups excluding carboxylic acids is 1. The van der Waals surface area contributed by atoms with Gasteiger partial charge in [-0.25, -0.2) is 0 Å². The second kappa shape index (κ2) is 4.54. The van der Waals surface area contributed by atoms with E-state index in [1.807, 2.05) is 19.0 Å². The molecule has 0 aliphatic carbocycles. The van der Waals surface area contributed by atoms with Crippen LogP contribution in [0.4, 0.5) is 0 Å². The molecule has 0 bridgehead atoms. The van der Waals surface area contributed by atoms with Crippen molar-refractivity contribution >= 4 is 5.78 Å². The number of rotatable bonds is 3. The molecule has 4 nitrogen and oxygen atoms in total. The smallest absolute Gasteiger partial charge is 0.164 e. The van der Waals surface area contributed by atoms with Crippen LogP contribution in [-0.4, -0.2) is 57.0 Å². The van der Waals surface area contributed by atoms with Crippen LogP contribution in [0.3, 0.4) is 0 Å². The molecule has 4 heteroatoms. The van der Waals surface area contributed by atoms with Gasteiger partial charge in [-0.3, -0.25) is 4.79 Å². The number of piperazine rings is 1. The normalized spacial score (nSPS) is 24.4. The summed E-state index contributed by atoms with van der Waals surface area (Å²) in [4.78, 5) is 13.4. The average molecular weight is 171 g/mol. The van der Waals surface area contributed by atoms with Gasteiger partial charge in [0.1, 0.15) is 0 Å². The Morgan fingerprint density at radius 3 is 2.75 bits per heavy atom. The molecule has 0 aromatic rings. The molecule has 1 heterocycles. The van der Waals surface area contributed by atoms with Crippen LogP contribution in [0.1, 0.15) is 0 Å². The predicted octanol–water partition coefficient (Wildman–Crippen LogP) is -1.32. The van der Waals surface area contributed by atoms with Gasteiger partial charge >= 0.3 is 0 Å². The lowest BCUT2D eigenvalue weighted by atomic mass is 10.1. The Morgan fingerprint density at radius 1 is 1.50 bits per heavy atom. The van der Waals surface area contributed by atoms with E-state index >= 15 is 0 Å². The fraction of sp³-hybridized carbons (Fsp3) is 0.875. The largest absolute Gasteiger partial charge is 0.313 e. The highest BCUT2D eigenvalue weighted by molar-refractivity contribution is 5.86. The summed E-state index contributed by atoms with van der Waals surface area (Å²) in [6.45, 7) is 3.15. The Hall–Kier alpha value is -0.450. The highest BCUT2D eigenvalue weighted by Crippen LogP contribution is 1.90. The molecule has 0 saturated carbocycles. The Labute approximate surface area is 73.3 Å². The van der Waals surface area contributed by atoms with E-state index < -0.39 is 0 Å². The molecular weight excluding hydrogens is 154 g/mol. The molecule has 0 aromatic carbocycles. The zero-order valence-electron chi connectivity index (χ0n) is 7.76. The SMILES string of the molecule is CN(C)CC(=O)C1CNCCN1. The summed E-state index contributed by atoms with van der Waals surface area (Å²) in [5.41, 5.74) is 0. The summed E-state index contributed by atoms with van der Waals surface area (Å²) >= 11 is 0. The van der Waals surface area contributed by atoms with Crippen molar-refractivity contribution in [2.24, 2.45) is 0 Å². The minimum absolute atomic E-state index is 0.0150. The van der Waals surface area contributed by atoms with Crippen molar-refractivity contribution in [2.45, 2.75) is 6.04 Å². The molecule has 1 aliphatic heterocycles. The second-order valence-electron chi connectivity index (χ2n) is 3.41. The van der Waals surface area contributed by atoms with Crippen LogP contribution >= 0.6 is 0 Å². The molecule has 1 unspecified atom stereocenters. The topological polar surface area (TPSA) is 44.4 Å². The van der Waals surface area contributed by atoms with Gasteiger partial charge < -0.3 is 15.5 Å². The van der Waals surface area contributed by atoms with E-state index in [9.17, 15) is 4.79 Å². The van der Waals surface area contributed by atoms with Gasteiger partial charge in [0.05, 0.1) is 12.6 Å². The van der Waals surface area contributed by atoms with Crippen LogP contribution in [0.25, 0.3) is 0 Å². The van der Waals surface area contributed by atoms with Gasteiger partial charge in [-0.05, 0) is 14.1 Å². The molecule has 70 valence electrons. The van der Waals surface area contributed by atoms with Crippen LogP contribution in [0.5, 0.6) is 0 Å². The average Bonchev–Trinajstić information content (AvgIpc) is 2.05. The van der Waals surface area contributed by atoms with Gasteiger partial charge in [0, 0.05) is 19.6 Å². The molecule has 1 saturated heterocycles. The summed E-state index contributed by atoms with van der Waals surface area (Å²) in [6, 6.07) is 0.0150. The molecule has 1 aliphatic rings. The highest BCUT2D eigenvalue weighted by Gasteiger charge is 2.19. The molecule has 1 atom stereocenters. The number of nitrogens with one attached hydrogen (secondary N) is 2. The number of Topliss-reactive ketones (excluding diaryl/α,β-unsaturated/α-hetero) is 1. The first-order valence-electron chi connectivity index (χ1n) is 4.31. The standard InChI is InChI=1S/C8H17N3O/c1-11(2)6-8(12)7-5-9-3-4-10-7/h7,9-10H,3-6H2,1-2H3. The first-order valence-corrected chi connectivity index (χ1v) is 4.31. The zero-order chi connectivity index (χ0) is 8.97. The third-order valence-electron chi connectivity index (χ3n) is 1.90. The maximum atomic E-state index is 11.5. The van der Waals surface area contributed by atoms with Crippen LogP contribution in [-0.2, 0) is 4.79 Å². The van der Waals surface area contributed by atoms with Crippen molar-refractivity contribution in [2.75, 3.05) is 40.3 Å². The third kappa shape index (κ3) is 2.89. The van der Waals surface area contributed by atoms with Gasteiger partial charge in [-0.2, -0.15) is 0 Å². The maximum Gasteiger partial charge on any atom is 0.164 e. The number of likely N-dealkylation sites (N-methyl/N-ethyl adjacent to an activating group) is 1. The van der Waals surface area contributed by atoms with Gasteiger partial charge in [0.15, 0.2) is 5.78 Å². The lowest BCUT2D eigenvalue weighted by molar-refractivity contribution is -0.121. The number of nitrogens with zero attached hydrogens (tertiary/aromatic N) is 1. The number of ketones is 1. The van der Waals surface area contributed by atoms with Gasteiger partial charge in [0.2, 0.25) is 0 Å². The predicted molar refractivity (Wildman–Crippen MR) is 48.2 cm³/mol. The van der Waals surface area contributed by atoms with E-state index in [4.69, 9.17) is 0 Å². The molecular formula is C8H17N3O. The Morgan fingerprint density at radius 2 is 2.25 bits per heavy atom. The van der Waals surface area contributed by atoms with Crippen molar-refractivity contribution in [3.05, 3.63) is 0 Å². The Balaban J connectivity index is 2.30. The van der Waals surface area contributed by atoms with Crippen LogP contribution in [0.15, 0.2) is 0 Å². The molecule has 1 rings (SSSR count). The van der Waals surface area contributed by atoms with Gasteiger partial charge in [0.25, 0.3) is 0 Å². The lowest BCUT2D eigenvalue weighted by Crippen LogP contribution is -2.54. The molecule has 12 heavy (non-hydrogen) atoms. The summed E-state index contributed by atoms with van der Waals surface area (Å²) < 4.78 is 0. The first-order chi connectivity index (χ1) is 5.70. The Bertz CT molecular complexity index is 152. The van der Waals surface area contributed by atoms with Crippen molar-refractivity contribution in [1.29, 1.82) is 0 Å². The second-order valence-corrected chi connectivity index (χ2v) is 3.41. The molecule has 0 aromatic heterocycles. The summed E-state index contributed by atoms with van der Waals surface area (Å²) in [5.74, 6) is 0.271. The zero-order valence-corrected chi connectivity index (χ0v) is 7.76. The molecule has 2 N–H and O–H groups in total. The molecule has 1 fully saturated rings. The third-order valence-corrected chi connectivity index (χ3v) is 1.90. The number of hydrogen-bond donors (Lipinski definition) is 2. The first kappa shape index (κ1) is 9.64. The maximum absolute atomic E-state index is 11.5. The van der Waals surface area contributed by atoms with Crippen LogP contribution in [0, 0.1) is 0 Å². The van der Waals surface area contributed by atoms with Crippen molar-refractivity contribution in [3.8, 4) is 0 Å². The van der Waals surface area contributed by atoms with E-state index in [1.54, 1.807) is 0 Å². The van der Waals surface area contributed by atoms with Crippen LogP contribution in [0.2, 0.25) is 0 Å². The highest BCUT2D eigenvalue weighted by atomic mass is 16.1. The Kier molecular flexibility index (Phi) is 3.65. The minimum atomic E-state index is 0.0150. The van der Waals surface area contributed by atoms with Crippen molar-refractivity contribution in [3.63, 3.8) is 0 Å². The summed E-state index contributed by atoms with van der Waals surface area (Å²) in [7, 11) is 3.82. The fourth-order valence-corrected chi connectivity index (χ4v) is 1.30. The summed E-state index contributed by atoms with van der Waals surface area (Å²) in [6.07, 6.45) is 0. The molecule has 0 radical (unpaired) electrons. The lowest BCUT2D eigenvalue weighted by Gasteiger charge is -2.24.